The molecule has 0 unspecified atom stereocenters. The van der Waals surface area contributed by atoms with Gasteiger partial charge in [-0.3, -0.25) is 19.4 Å². The molecular formula is C33H41ClN6O4. The van der Waals surface area contributed by atoms with E-state index in [2.05, 4.69) is 9.80 Å². The SMILES string of the molecule is Cl.NCCN1CCN(CC=CC(=O)N2CCC(c3ccc(C(N)=O)c(Oc4ccc(Oc5ccccc5)cc4)n3)CC2)CC1. The largest absolute Gasteiger partial charge is 0.457 e. The number of nitrogens with zero attached hydrogens (tertiary/aromatic N) is 4. The third-order valence-electron chi connectivity index (χ3n) is 7.92. The van der Waals surface area contributed by atoms with E-state index in [0.29, 0.717) is 31.1 Å². The van der Waals surface area contributed by atoms with Crippen LogP contribution in [-0.2, 0) is 4.79 Å². The fourth-order valence-corrected chi connectivity index (χ4v) is 5.44. The Bertz CT molecular complexity index is 1390. The van der Waals surface area contributed by atoms with Crippen LogP contribution in [0.1, 0.15) is 34.8 Å². The zero-order valence-corrected chi connectivity index (χ0v) is 25.7. The second kappa shape index (κ2) is 16.2. The summed E-state index contributed by atoms with van der Waals surface area (Å²) in [6, 6.07) is 20.1. The van der Waals surface area contributed by atoms with Gasteiger partial charge < -0.3 is 25.8 Å². The molecular weight excluding hydrogens is 580 g/mol. The first-order chi connectivity index (χ1) is 21.0. The van der Waals surface area contributed by atoms with Gasteiger partial charge in [-0.1, -0.05) is 24.3 Å². The molecule has 2 aromatic carbocycles. The number of amides is 2. The number of hydrogen-bond acceptors (Lipinski definition) is 8. The smallest absolute Gasteiger partial charge is 0.254 e. The average molecular weight is 621 g/mol. The number of rotatable bonds is 11. The molecule has 3 heterocycles. The number of pyridine rings is 1. The van der Waals surface area contributed by atoms with Crippen LogP contribution in [0.15, 0.2) is 78.9 Å². The standard InChI is InChI=1S/C33H40N6O4.ClH/c34-16-20-38-23-21-37(22-24-38)17-4-7-31(40)39-18-14-25(15-19-39)30-13-12-29(32(35)41)33(36-30)43-28-10-8-27(9-11-28)42-26-5-2-1-3-6-26;/h1-13,25H,14-24,34H2,(H2,35,41);1H. The van der Waals surface area contributed by atoms with Crippen LogP contribution in [0.3, 0.4) is 0 Å². The Balaban J connectivity index is 0.00000442. The van der Waals surface area contributed by atoms with Gasteiger partial charge in [-0.05, 0) is 61.4 Å². The first kappa shape index (κ1) is 32.9. The minimum absolute atomic E-state index is 0. The molecule has 3 aromatic rings. The van der Waals surface area contributed by atoms with Crippen molar-refractivity contribution < 1.29 is 19.1 Å². The van der Waals surface area contributed by atoms with Crippen molar-refractivity contribution in [1.82, 2.24) is 19.7 Å². The molecule has 11 heteroatoms. The second-order valence-corrected chi connectivity index (χ2v) is 10.9. The maximum atomic E-state index is 12.8. The lowest BCUT2D eigenvalue weighted by Crippen LogP contribution is -2.47. The molecule has 5 rings (SSSR count). The zero-order chi connectivity index (χ0) is 30.0. The Morgan fingerprint density at radius 3 is 2.07 bits per heavy atom. The number of benzene rings is 2. The van der Waals surface area contributed by atoms with E-state index in [9.17, 15) is 9.59 Å². The van der Waals surface area contributed by atoms with Crippen LogP contribution in [0.4, 0.5) is 0 Å². The molecule has 0 saturated carbocycles. The fourth-order valence-electron chi connectivity index (χ4n) is 5.44. The van der Waals surface area contributed by atoms with Crippen molar-refractivity contribution in [3.05, 3.63) is 90.1 Å². The minimum Gasteiger partial charge on any atom is -0.457 e. The molecule has 1 aromatic heterocycles. The average Bonchev–Trinajstić information content (AvgIpc) is 3.03. The zero-order valence-electron chi connectivity index (χ0n) is 24.8. The van der Waals surface area contributed by atoms with Gasteiger partial charge in [0, 0.05) is 76.6 Å². The van der Waals surface area contributed by atoms with E-state index in [4.69, 9.17) is 25.9 Å². The summed E-state index contributed by atoms with van der Waals surface area (Å²) in [5.41, 5.74) is 12.3. The first-order valence-corrected chi connectivity index (χ1v) is 14.9. The molecule has 2 aliphatic heterocycles. The minimum atomic E-state index is -0.609. The van der Waals surface area contributed by atoms with E-state index in [0.717, 1.165) is 63.6 Å². The Morgan fingerprint density at radius 2 is 1.43 bits per heavy atom. The lowest BCUT2D eigenvalue weighted by molar-refractivity contribution is -0.127. The number of ether oxygens (including phenoxy) is 2. The maximum absolute atomic E-state index is 12.8. The highest BCUT2D eigenvalue weighted by Crippen LogP contribution is 2.32. The third kappa shape index (κ3) is 9.03. The number of para-hydroxylation sites is 1. The molecule has 234 valence electrons. The Morgan fingerprint density at radius 1 is 0.818 bits per heavy atom. The van der Waals surface area contributed by atoms with Crippen LogP contribution in [-0.4, -0.2) is 90.4 Å². The Kier molecular flexibility index (Phi) is 12.1. The summed E-state index contributed by atoms with van der Waals surface area (Å²) in [5.74, 6) is 1.66. The Labute approximate surface area is 265 Å². The number of halogens is 1. The molecule has 4 N–H and O–H groups in total. The molecule has 2 amide bonds. The number of primary amides is 1. The predicted octanol–water partition coefficient (Wildman–Crippen LogP) is 4.03. The van der Waals surface area contributed by atoms with Gasteiger partial charge in [0.2, 0.25) is 11.8 Å². The Hall–Kier alpha value is -3.96. The molecule has 44 heavy (non-hydrogen) atoms. The summed E-state index contributed by atoms with van der Waals surface area (Å²) in [6.45, 7) is 7.71. The van der Waals surface area contributed by atoms with Gasteiger partial charge >= 0.3 is 0 Å². The molecule has 0 atom stereocenters. The van der Waals surface area contributed by atoms with Crippen LogP contribution in [0.5, 0.6) is 23.1 Å². The van der Waals surface area contributed by atoms with Crippen molar-refractivity contribution in [2.75, 3.05) is 58.9 Å². The molecule has 2 fully saturated rings. The number of piperazine rings is 1. The number of nitrogens with two attached hydrogens (primary N) is 2. The lowest BCUT2D eigenvalue weighted by Gasteiger charge is -2.34. The van der Waals surface area contributed by atoms with Gasteiger partial charge in [0.15, 0.2) is 0 Å². The fraction of sp³-hybridized carbons (Fsp3) is 0.364. The number of piperidine rings is 1. The highest BCUT2D eigenvalue weighted by Gasteiger charge is 2.25. The van der Waals surface area contributed by atoms with Crippen molar-refractivity contribution in [3.63, 3.8) is 0 Å². The monoisotopic (exact) mass is 620 g/mol. The van der Waals surface area contributed by atoms with Gasteiger partial charge in [0.25, 0.3) is 5.91 Å². The maximum Gasteiger partial charge on any atom is 0.254 e. The van der Waals surface area contributed by atoms with E-state index in [1.165, 1.54) is 0 Å². The quantitative estimate of drug-likeness (QED) is 0.308. The number of carbonyl (C=O) groups excluding carboxylic acids is 2. The predicted molar refractivity (Wildman–Crippen MR) is 173 cm³/mol. The van der Waals surface area contributed by atoms with Crippen molar-refractivity contribution >= 4 is 24.2 Å². The number of aromatic nitrogens is 1. The molecule has 0 aliphatic carbocycles. The highest BCUT2D eigenvalue weighted by atomic mass is 35.5. The molecule has 2 aliphatic rings. The van der Waals surface area contributed by atoms with E-state index in [-0.39, 0.29) is 35.7 Å². The van der Waals surface area contributed by atoms with Crippen LogP contribution >= 0.6 is 12.4 Å². The van der Waals surface area contributed by atoms with Crippen molar-refractivity contribution in [1.29, 1.82) is 0 Å². The molecule has 0 bridgehead atoms. The first-order valence-electron chi connectivity index (χ1n) is 14.9. The summed E-state index contributed by atoms with van der Waals surface area (Å²) in [6.07, 6.45) is 5.22. The van der Waals surface area contributed by atoms with Gasteiger partial charge in [0.1, 0.15) is 22.8 Å². The topological polar surface area (TPSA) is 127 Å². The van der Waals surface area contributed by atoms with Crippen molar-refractivity contribution in [3.8, 4) is 23.1 Å². The molecule has 0 spiro atoms. The molecule has 0 radical (unpaired) electrons. The normalized spacial score (nSPS) is 16.4. The summed E-state index contributed by atoms with van der Waals surface area (Å²) in [5, 5.41) is 0. The van der Waals surface area contributed by atoms with Gasteiger partial charge in [-0.15, -0.1) is 12.4 Å². The van der Waals surface area contributed by atoms with Crippen LogP contribution < -0.4 is 20.9 Å². The molecule has 2 saturated heterocycles. The summed E-state index contributed by atoms with van der Waals surface area (Å²) in [7, 11) is 0. The summed E-state index contributed by atoms with van der Waals surface area (Å²) < 4.78 is 11.9. The van der Waals surface area contributed by atoms with Crippen molar-refractivity contribution in [2.24, 2.45) is 11.5 Å². The van der Waals surface area contributed by atoms with E-state index < -0.39 is 5.91 Å². The van der Waals surface area contributed by atoms with Gasteiger partial charge in [-0.25, -0.2) is 4.98 Å². The van der Waals surface area contributed by atoms with E-state index >= 15 is 0 Å². The second-order valence-electron chi connectivity index (χ2n) is 10.9. The van der Waals surface area contributed by atoms with Crippen LogP contribution in [0.2, 0.25) is 0 Å². The molecule has 10 nitrogen and oxygen atoms in total. The number of likely N-dealkylation sites (tertiary alicyclic amines) is 1. The summed E-state index contributed by atoms with van der Waals surface area (Å²) >= 11 is 0. The van der Waals surface area contributed by atoms with Crippen LogP contribution in [0, 0.1) is 0 Å². The van der Waals surface area contributed by atoms with Crippen LogP contribution in [0.25, 0.3) is 0 Å². The highest BCUT2D eigenvalue weighted by molar-refractivity contribution is 5.95. The third-order valence-corrected chi connectivity index (χ3v) is 7.92. The summed E-state index contributed by atoms with van der Waals surface area (Å²) in [4.78, 5) is 36.3. The number of carbonyl (C=O) groups is 2. The van der Waals surface area contributed by atoms with E-state index in [1.54, 1.807) is 36.4 Å². The van der Waals surface area contributed by atoms with Crippen molar-refractivity contribution in [2.45, 2.75) is 18.8 Å². The lowest BCUT2D eigenvalue weighted by atomic mass is 9.92. The van der Waals surface area contributed by atoms with Gasteiger partial charge in [-0.2, -0.15) is 0 Å². The van der Waals surface area contributed by atoms with Gasteiger partial charge in [0.05, 0.1) is 0 Å². The number of hydrogen-bond donors (Lipinski definition) is 2. The van der Waals surface area contributed by atoms with E-state index in [1.807, 2.05) is 47.4 Å².